The van der Waals surface area contributed by atoms with Crippen molar-refractivity contribution < 1.29 is 9.84 Å². The fourth-order valence-corrected chi connectivity index (χ4v) is 1.14. The van der Waals surface area contributed by atoms with Gasteiger partial charge in [0.25, 0.3) is 0 Å². The van der Waals surface area contributed by atoms with Crippen LogP contribution >= 0.6 is 0 Å². The number of aliphatic hydroxyl groups is 1. The Morgan fingerprint density at radius 1 is 1.25 bits per heavy atom. The molecule has 0 heterocycles. The first kappa shape index (κ1) is 11.9. The summed E-state index contributed by atoms with van der Waals surface area (Å²) in [5, 5.41) is 12.0. The average molecular weight is 175 g/mol. The summed E-state index contributed by atoms with van der Waals surface area (Å²) in [5.74, 6) is 0. The molecular weight excluding hydrogens is 154 g/mol. The summed E-state index contributed by atoms with van der Waals surface area (Å²) in [6.45, 7) is 5.26. The lowest BCUT2D eigenvalue weighted by Gasteiger charge is -2.18. The zero-order valence-electron chi connectivity index (χ0n) is 8.34. The maximum Gasteiger partial charge on any atom is 0.0476 e. The van der Waals surface area contributed by atoms with Gasteiger partial charge in [0.15, 0.2) is 0 Å². The van der Waals surface area contributed by atoms with Crippen LogP contribution in [0.1, 0.15) is 26.7 Å². The molecule has 0 bridgehead atoms. The van der Waals surface area contributed by atoms with E-state index in [-0.39, 0.29) is 6.61 Å². The summed E-state index contributed by atoms with van der Waals surface area (Å²) >= 11 is 0. The monoisotopic (exact) mass is 175 g/mol. The van der Waals surface area contributed by atoms with E-state index >= 15 is 0 Å². The molecule has 3 heteroatoms. The van der Waals surface area contributed by atoms with E-state index < -0.39 is 0 Å². The van der Waals surface area contributed by atoms with Crippen molar-refractivity contribution in [3.8, 4) is 0 Å². The van der Waals surface area contributed by atoms with E-state index in [4.69, 9.17) is 9.84 Å². The van der Waals surface area contributed by atoms with Crippen LogP contribution in [0, 0.1) is 0 Å². The van der Waals surface area contributed by atoms with Gasteiger partial charge in [-0.3, -0.25) is 0 Å². The van der Waals surface area contributed by atoms with E-state index in [9.17, 15) is 0 Å². The minimum Gasteiger partial charge on any atom is -0.396 e. The van der Waals surface area contributed by atoms with E-state index in [1.54, 1.807) is 7.11 Å². The predicted octanol–water partition coefficient (Wildman–Crippen LogP) is 0.772. The molecular formula is C9H21NO2. The third-order valence-electron chi connectivity index (χ3n) is 1.89. The number of aliphatic hydroxyl groups excluding tert-OH is 1. The van der Waals surface area contributed by atoms with Crippen molar-refractivity contribution in [2.75, 3.05) is 20.3 Å². The highest BCUT2D eigenvalue weighted by atomic mass is 16.5. The number of rotatable bonds is 7. The lowest BCUT2D eigenvalue weighted by Crippen LogP contribution is -2.35. The van der Waals surface area contributed by atoms with Crippen LogP contribution in [0.2, 0.25) is 0 Å². The molecule has 0 aliphatic heterocycles. The number of ether oxygens (including phenoxy) is 1. The predicted molar refractivity (Wildman–Crippen MR) is 50.3 cm³/mol. The fraction of sp³-hybridized carbons (Fsp3) is 1.00. The fourth-order valence-electron chi connectivity index (χ4n) is 1.14. The lowest BCUT2D eigenvalue weighted by atomic mass is 10.2. The summed E-state index contributed by atoms with van der Waals surface area (Å²) in [4.78, 5) is 0. The topological polar surface area (TPSA) is 41.5 Å². The summed E-state index contributed by atoms with van der Waals surface area (Å²) < 4.78 is 4.96. The van der Waals surface area contributed by atoms with Gasteiger partial charge in [-0.1, -0.05) is 0 Å². The molecule has 0 fully saturated rings. The Labute approximate surface area is 75.1 Å². The number of hydrogen-bond donors (Lipinski definition) is 2. The molecule has 0 saturated carbocycles. The van der Waals surface area contributed by atoms with Crippen molar-refractivity contribution in [2.24, 2.45) is 0 Å². The molecule has 2 N–H and O–H groups in total. The third kappa shape index (κ3) is 6.58. The van der Waals surface area contributed by atoms with Gasteiger partial charge in [0.1, 0.15) is 0 Å². The van der Waals surface area contributed by atoms with E-state index in [0.29, 0.717) is 12.1 Å². The van der Waals surface area contributed by atoms with Crippen molar-refractivity contribution in [2.45, 2.75) is 38.8 Å². The van der Waals surface area contributed by atoms with Gasteiger partial charge in [-0.25, -0.2) is 0 Å². The van der Waals surface area contributed by atoms with Crippen LogP contribution in [0.3, 0.4) is 0 Å². The van der Waals surface area contributed by atoms with Gasteiger partial charge in [-0.15, -0.1) is 0 Å². The van der Waals surface area contributed by atoms with Crippen LogP contribution in [0.4, 0.5) is 0 Å². The second-order valence-electron chi connectivity index (χ2n) is 3.26. The molecule has 0 aromatic carbocycles. The second kappa shape index (κ2) is 7.53. The summed E-state index contributed by atoms with van der Waals surface area (Å²) in [6, 6.07) is 0.855. The third-order valence-corrected chi connectivity index (χ3v) is 1.89. The quantitative estimate of drug-likeness (QED) is 0.600. The van der Waals surface area contributed by atoms with Crippen molar-refractivity contribution >= 4 is 0 Å². The SMILES string of the molecule is COCCC(C)NC(C)CCO. The summed E-state index contributed by atoms with van der Waals surface area (Å²) in [6.07, 6.45) is 1.84. The van der Waals surface area contributed by atoms with Crippen LogP contribution in [-0.4, -0.2) is 37.5 Å². The zero-order valence-corrected chi connectivity index (χ0v) is 8.34. The zero-order chi connectivity index (χ0) is 9.40. The smallest absolute Gasteiger partial charge is 0.0476 e. The first-order chi connectivity index (χ1) is 5.70. The first-order valence-corrected chi connectivity index (χ1v) is 4.56. The van der Waals surface area contributed by atoms with Crippen LogP contribution in [0.25, 0.3) is 0 Å². The molecule has 0 aliphatic rings. The van der Waals surface area contributed by atoms with Gasteiger partial charge < -0.3 is 15.2 Å². The molecule has 0 amide bonds. The normalized spacial score (nSPS) is 16.0. The Balaban J connectivity index is 3.33. The van der Waals surface area contributed by atoms with Gasteiger partial charge in [-0.2, -0.15) is 0 Å². The van der Waals surface area contributed by atoms with Gasteiger partial charge >= 0.3 is 0 Å². The van der Waals surface area contributed by atoms with Gasteiger partial charge in [0, 0.05) is 32.4 Å². The maximum absolute atomic E-state index is 8.66. The Morgan fingerprint density at radius 2 is 1.83 bits per heavy atom. The maximum atomic E-state index is 8.66. The van der Waals surface area contributed by atoms with Crippen molar-refractivity contribution in [3.63, 3.8) is 0 Å². The molecule has 12 heavy (non-hydrogen) atoms. The minimum absolute atomic E-state index is 0.255. The van der Waals surface area contributed by atoms with Gasteiger partial charge in [0.05, 0.1) is 0 Å². The number of hydrogen-bond acceptors (Lipinski definition) is 3. The van der Waals surface area contributed by atoms with Gasteiger partial charge in [0.2, 0.25) is 0 Å². The van der Waals surface area contributed by atoms with Crippen LogP contribution in [0.5, 0.6) is 0 Å². The van der Waals surface area contributed by atoms with Crippen molar-refractivity contribution in [3.05, 3.63) is 0 Å². The van der Waals surface area contributed by atoms with Gasteiger partial charge in [-0.05, 0) is 26.7 Å². The molecule has 2 unspecified atom stereocenters. The molecule has 0 aromatic heterocycles. The van der Waals surface area contributed by atoms with Crippen molar-refractivity contribution in [1.29, 1.82) is 0 Å². The highest BCUT2D eigenvalue weighted by Crippen LogP contribution is 1.96. The Bertz CT molecular complexity index is 98.5. The molecule has 0 aliphatic carbocycles. The van der Waals surface area contributed by atoms with E-state index in [1.165, 1.54) is 0 Å². The number of methoxy groups -OCH3 is 1. The Kier molecular flexibility index (Phi) is 7.45. The van der Waals surface area contributed by atoms with Crippen LogP contribution < -0.4 is 5.32 Å². The number of nitrogens with one attached hydrogen (secondary N) is 1. The molecule has 0 rings (SSSR count). The average Bonchev–Trinajstić information content (AvgIpc) is 2.01. The molecule has 0 radical (unpaired) electrons. The van der Waals surface area contributed by atoms with E-state index in [2.05, 4.69) is 19.2 Å². The standard InChI is InChI=1S/C9H21NO2/c1-8(4-6-11)10-9(2)5-7-12-3/h8-11H,4-7H2,1-3H3. The highest BCUT2D eigenvalue weighted by molar-refractivity contribution is 4.66. The summed E-state index contributed by atoms with van der Waals surface area (Å²) in [7, 11) is 1.71. The molecule has 0 aromatic rings. The Hall–Kier alpha value is -0.120. The molecule has 3 nitrogen and oxygen atoms in total. The first-order valence-electron chi connectivity index (χ1n) is 4.56. The molecule has 0 saturated heterocycles. The minimum atomic E-state index is 0.255. The largest absolute Gasteiger partial charge is 0.396 e. The summed E-state index contributed by atoms with van der Waals surface area (Å²) in [5.41, 5.74) is 0. The lowest BCUT2D eigenvalue weighted by molar-refractivity contribution is 0.181. The van der Waals surface area contributed by atoms with Crippen molar-refractivity contribution in [1.82, 2.24) is 5.32 Å². The van der Waals surface area contributed by atoms with E-state index in [1.807, 2.05) is 0 Å². The van der Waals surface area contributed by atoms with E-state index in [0.717, 1.165) is 19.4 Å². The second-order valence-corrected chi connectivity index (χ2v) is 3.26. The van der Waals surface area contributed by atoms with Crippen LogP contribution in [0.15, 0.2) is 0 Å². The molecule has 2 atom stereocenters. The Morgan fingerprint density at radius 3 is 2.33 bits per heavy atom. The molecule has 74 valence electrons. The molecule has 0 spiro atoms. The highest BCUT2D eigenvalue weighted by Gasteiger charge is 2.05. The van der Waals surface area contributed by atoms with Crippen LogP contribution in [-0.2, 0) is 4.74 Å².